The van der Waals surface area contributed by atoms with Crippen molar-refractivity contribution >= 4 is 34.7 Å². The third-order valence-electron chi connectivity index (χ3n) is 4.78. The zero-order valence-electron chi connectivity index (χ0n) is 16.1. The normalized spacial score (nSPS) is 14.8. The van der Waals surface area contributed by atoms with Crippen LogP contribution >= 0.6 is 0 Å². The molecule has 1 saturated heterocycles. The van der Waals surface area contributed by atoms with Gasteiger partial charge in [0.25, 0.3) is 0 Å². The van der Waals surface area contributed by atoms with E-state index in [4.69, 9.17) is 9.15 Å². The summed E-state index contributed by atoms with van der Waals surface area (Å²) in [4.78, 5) is 23.2. The first-order valence-corrected chi connectivity index (χ1v) is 9.51. The molecule has 0 unspecified atom stereocenters. The first-order chi connectivity index (χ1) is 14.2. The van der Waals surface area contributed by atoms with E-state index >= 15 is 0 Å². The zero-order valence-corrected chi connectivity index (χ0v) is 16.1. The number of H-pyrrole nitrogens is 1. The second kappa shape index (κ2) is 8.10. The number of carbonyl (C=O) groups excluding carboxylic acids is 1. The summed E-state index contributed by atoms with van der Waals surface area (Å²) < 4.78 is 11.0. The van der Waals surface area contributed by atoms with Crippen molar-refractivity contribution in [1.82, 2.24) is 14.9 Å². The minimum absolute atomic E-state index is 0.278. The third-order valence-corrected chi connectivity index (χ3v) is 4.78. The number of carbonyl (C=O) groups is 1. The molecule has 0 aliphatic carbocycles. The fourth-order valence-corrected chi connectivity index (χ4v) is 3.29. The Kier molecular flexibility index (Phi) is 5.20. The molecule has 148 valence electrons. The number of aromatic amines is 1. The minimum Gasteiger partial charge on any atom is -0.450 e. The maximum Gasteiger partial charge on any atom is 0.409 e. The molecule has 0 spiro atoms. The van der Waals surface area contributed by atoms with Crippen molar-refractivity contribution in [2.24, 2.45) is 0 Å². The molecule has 3 aromatic rings. The molecule has 1 N–H and O–H groups in total. The van der Waals surface area contributed by atoms with E-state index in [-0.39, 0.29) is 6.09 Å². The Labute approximate surface area is 168 Å². The van der Waals surface area contributed by atoms with E-state index in [1.165, 1.54) is 0 Å². The monoisotopic (exact) mass is 391 g/mol. The number of hydrogen-bond donors (Lipinski definition) is 1. The van der Waals surface area contributed by atoms with Gasteiger partial charge in [0.05, 0.1) is 23.2 Å². The van der Waals surface area contributed by atoms with Crippen molar-refractivity contribution < 1.29 is 13.9 Å². The number of furan rings is 1. The second-order valence-electron chi connectivity index (χ2n) is 6.62. The van der Waals surface area contributed by atoms with Gasteiger partial charge in [-0.05, 0) is 25.1 Å². The number of ether oxygens (including phenoxy) is 1. The van der Waals surface area contributed by atoms with Crippen LogP contribution in [0, 0.1) is 11.3 Å². The number of amides is 1. The summed E-state index contributed by atoms with van der Waals surface area (Å²) in [5.41, 5.74) is 2.08. The predicted molar refractivity (Wildman–Crippen MR) is 109 cm³/mol. The van der Waals surface area contributed by atoms with E-state index in [0.29, 0.717) is 55.8 Å². The average molecular weight is 391 g/mol. The quantitative estimate of drug-likeness (QED) is 0.684. The highest BCUT2D eigenvalue weighted by atomic mass is 16.6. The Hall–Kier alpha value is -3.73. The molecule has 4 rings (SSSR count). The van der Waals surface area contributed by atoms with Crippen LogP contribution < -0.4 is 4.90 Å². The lowest BCUT2D eigenvalue weighted by Gasteiger charge is -2.33. The fraction of sp³-hybridized carbons (Fsp3) is 0.286. The summed E-state index contributed by atoms with van der Waals surface area (Å²) in [6.07, 6.45) is 1.40. The van der Waals surface area contributed by atoms with Gasteiger partial charge in [0.2, 0.25) is 0 Å². The number of nitriles is 1. The molecule has 0 atom stereocenters. The van der Waals surface area contributed by atoms with Crippen LogP contribution in [0.3, 0.4) is 0 Å². The molecule has 2 aromatic heterocycles. The Balaban J connectivity index is 1.47. The van der Waals surface area contributed by atoms with Crippen molar-refractivity contribution in [3.8, 4) is 6.07 Å². The molecule has 1 aliphatic rings. The van der Waals surface area contributed by atoms with Gasteiger partial charge >= 0.3 is 6.09 Å². The van der Waals surface area contributed by atoms with Gasteiger partial charge < -0.3 is 23.9 Å². The number of para-hydroxylation sites is 2. The number of nitrogens with zero attached hydrogens (tertiary/aromatic N) is 4. The standard InChI is InChI=1S/C21H21N5O3/c1-2-28-21(27)26-11-9-25(10-12-26)19-8-7-16(29-19)13-15(14-22)20-23-17-5-3-4-6-18(17)24-20/h3-8,13H,2,9-12H2,1H3,(H,23,24). The molecular formula is C21H21N5O3. The molecule has 0 saturated carbocycles. The number of rotatable bonds is 4. The zero-order chi connectivity index (χ0) is 20.2. The van der Waals surface area contributed by atoms with Gasteiger partial charge in [-0.25, -0.2) is 9.78 Å². The van der Waals surface area contributed by atoms with Crippen LogP contribution in [-0.2, 0) is 4.74 Å². The second-order valence-corrected chi connectivity index (χ2v) is 6.62. The van der Waals surface area contributed by atoms with Crippen molar-refractivity contribution in [3.63, 3.8) is 0 Å². The summed E-state index contributed by atoms with van der Waals surface area (Å²) in [7, 11) is 0. The summed E-state index contributed by atoms with van der Waals surface area (Å²) in [6, 6.07) is 13.5. The average Bonchev–Trinajstić information content (AvgIpc) is 3.39. The van der Waals surface area contributed by atoms with E-state index in [0.717, 1.165) is 11.0 Å². The number of nitrogens with one attached hydrogen (secondary N) is 1. The van der Waals surface area contributed by atoms with Gasteiger partial charge in [0, 0.05) is 38.3 Å². The van der Waals surface area contributed by atoms with E-state index < -0.39 is 0 Å². The molecule has 0 radical (unpaired) electrons. The van der Waals surface area contributed by atoms with E-state index in [1.54, 1.807) is 17.9 Å². The molecule has 8 heteroatoms. The van der Waals surface area contributed by atoms with Crippen molar-refractivity contribution in [1.29, 1.82) is 5.26 Å². The van der Waals surface area contributed by atoms with Crippen LogP contribution in [-0.4, -0.2) is 53.7 Å². The molecule has 1 amide bonds. The number of anilines is 1. The molecule has 0 bridgehead atoms. The lowest BCUT2D eigenvalue weighted by atomic mass is 10.2. The smallest absolute Gasteiger partial charge is 0.409 e. The van der Waals surface area contributed by atoms with Crippen LogP contribution in [0.25, 0.3) is 22.7 Å². The number of allylic oxidation sites excluding steroid dienone is 1. The summed E-state index contributed by atoms with van der Waals surface area (Å²) in [6.45, 7) is 4.64. The van der Waals surface area contributed by atoms with E-state index in [1.807, 2.05) is 36.4 Å². The predicted octanol–water partition coefficient (Wildman–Crippen LogP) is 3.50. The Morgan fingerprint density at radius 2 is 2.07 bits per heavy atom. The van der Waals surface area contributed by atoms with Crippen molar-refractivity contribution in [2.45, 2.75) is 6.92 Å². The van der Waals surface area contributed by atoms with Gasteiger partial charge in [-0.2, -0.15) is 5.26 Å². The third kappa shape index (κ3) is 3.94. The lowest BCUT2D eigenvalue weighted by molar-refractivity contribution is 0.104. The highest BCUT2D eigenvalue weighted by molar-refractivity contribution is 5.89. The van der Waals surface area contributed by atoms with E-state index in [2.05, 4.69) is 20.9 Å². The topological polar surface area (TPSA) is 98.4 Å². The van der Waals surface area contributed by atoms with Gasteiger partial charge in [-0.15, -0.1) is 0 Å². The van der Waals surface area contributed by atoms with Crippen LogP contribution in [0.5, 0.6) is 0 Å². The van der Waals surface area contributed by atoms with Crippen molar-refractivity contribution in [3.05, 3.63) is 48.0 Å². The number of imidazole rings is 1. The number of aromatic nitrogens is 2. The largest absolute Gasteiger partial charge is 0.450 e. The molecular weight excluding hydrogens is 370 g/mol. The van der Waals surface area contributed by atoms with Crippen LogP contribution in [0.4, 0.5) is 10.7 Å². The first kappa shape index (κ1) is 18.6. The Morgan fingerprint density at radius 1 is 1.28 bits per heavy atom. The molecule has 8 nitrogen and oxygen atoms in total. The molecule has 1 aromatic carbocycles. The number of benzene rings is 1. The van der Waals surface area contributed by atoms with Crippen LogP contribution in [0.15, 0.2) is 40.8 Å². The van der Waals surface area contributed by atoms with Crippen LogP contribution in [0.2, 0.25) is 0 Å². The summed E-state index contributed by atoms with van der Waals surface area (Å²) >= 11 is 0. The van der Waals surface area contributed by atoms with Gasteiger partial charge in [0.1, 0.15) is 17.7 Å². The molecule has 29 heavy (non-hydrogen) atoms. The van der Waals surface area contributed by atoms with Crippen LogP contribution in [0.1, 0.15) is 18.5 Å². The number of fused-ring (bicyclic) bond motifs is 1. The highest BCUT2D eigenvalue weighted by Crippen LogP contribution is 2.24. The molecule has 1 aliphatic heterocycles. The maximum absolute atomic E-state index is 11.8. The van der Waals surface area contributed by atoms with Crippen molar-refractivity contribution in [2.75, 3.05) is 37.7 Å². The summed E-state index contributed by atoms with van der Waals surface area (Å²) in [5, 5.41) is 9.57. The van der Waals surface area contributed by atoms with Gasteiger partial charge in [-0.1, -0.05) is 12.1 Å². The lowest BCUT2D eigenvalue weighted by Crippen LogP contribution is -2.48. The Morgan fingerprint density at radius 3 is 2.79 bits per heavy atom. The first-order valence-electron chi connectivity index (χ1n) is 9.51. The minimum atomic E-state index is -0.278. The van der Waals surface area contributed by atoms with Gasteiger partial charge in [-0.3, -0.25) is 0 Å². The summed E-state index contributed by atoms with van der Waals surface area (Å²) in [5.74, 6) is 1.79. The Bertz CT molecular complexity index is 1050. The fourth-order valence-electron chi connectivity index (χ4n) is 3.29. The highest BCUT2D eigenvalue weighted by Gasteiger charge is 2.23. The van der Waals surface area contributed by atoms with E-state index in [9.17, 15) is 10.1 Å². The molecule has 3 heterocycles. The number of hydrogen-bond acceptors (Lipinski definition) is 6. The number of piperazine rings is 1. The maximum atomic E-state index is 11.8. The van der Waals surface area contributed by atoms with Gasteiger partial charge in [0.15, 0.2) is 5.88 Å². The molecule has 1 fully saturated rings. The SMILES string of the molecule is CCOC(=O)N1CCN(c2ccc(C=C(C#N)c3nc4ccccc4[nH]3)o2)CC1.